The highest BCUT2D eigenvalue weighted by molar-refractivity contribution is 5.61. The van der Waals surface area contributed by atoms with Crippen LogP contribution in [0.2, 0.25) is 0 Å². The Balaban J connectivity index is 2.37. The second kappa shape index (κ2) is 6.88. The summed E-state index contributed by atoms with van der Waals surface area (Å²) in [6, 6.07) is 5.05. The lowest BCUT2D eigenvalue weighted by molar-refractivity contribution is 0.505. The van der Waals surface area contributed by atoms with Crippen molar-refractivity contribution in [3.8, 4) is 12.3 Å². The summed E-state index contributed by atoms with van der Waals surface area (Å²) < 4.78 is 27.4. The fraction of sp³-hybridized carbons (Fsp3) is 0.176. The summed E-state index contributed by atoms with van der Waals surface area (Å²) >= 11 is 0. The molecule has 1 aromatic carbocycles. The van der Waals surface area contributed by atoms with Gasteiger partial charge in [0, 0.05) is 5.70 Å². The predicted molar refractivity (Wildman–Crippen MR) is 84.6 cm³/mol. The van der Waals surface area contributed by atoms with Crippen LogP contribution in [0.4, 0.5) is 8.78 Å². The normalized spacial score (nSPS) is 10.2. The molecule has 1 N–H and O–H groups in total. The third kappa shape index (κ3) is 3.83. The Morgan fingerprint density at radius 3 is 2.78 bits per heavy atom. The van der Waals surface area contributed by atoms with Crippen molar-refractivity contribution in [3.05, 3.63) is 69.7 Å². The SMILES string of the molecule is C#CCNC(=C)c1cc(C)nn(Cc2ccc(F)c(F)c2)c1=O. The molecule has 0 aliphatic rings. The largest absolute Gasteiger partial charge is 0.374 e. The van der Waals surface area contributed by atoms with Crippen LogP contribution in [0.25, 0.3) is 5.70 Å². The predicted octanol–water partition coefficient (Wildman–Crippen LogP) is 2.07. The summed E-state index contributed by atoms with van der Waals surface area (Å²) in [7, 11) is 0. The maximum Gasteiger partial charge on any atom is 0.276 e. The number of nitrogens with one attached hydrogen (secondary N) is 1. The molecule has 0 bridgehead atoms. The van der Waals surface area contributed by atoms with E-state index in [9.17, 15) is 13.6 Å². The molecule has 0 unspecified atom stereocenters. The standard InChI is InChI=1S/C17H15F2N3O/c1-4-7-20-12(3)14-8-11(2)21-22(17(14)23)10-13-5-6-15(18)16(19)9-13/h1,5-6,8-9,20H,3,7,10H2,2H3. The minimum Gasteiger partial charge on any atom is -0.374 e. The summed E-state index contributed by atoms with van der Waals surface area (Å²) in [5, 5.41) is 6.97. The Kier molecular flexibility index (Phi) is 4.91. The Morgan fingerprint density at radius 1 is 1.39 bits per heavy atom. The van der Waals surface area contributed by atoms with E-state index in [1.807, 2.05) is 0 Å². The van der Waals surface area contributed by atoms with Crippen molar-refractivity contribution in [1.29, 1.82) is 0 Å². The van der Waals surface area contributed by atoms with Crippen LogP contribution in [-0.2, 0) is 6.54 Å². The van der Waals surface area contributed by atoms with Crippen molar-refractivity contribution < 1.29 is 8.78 Å². The highest BCUT2D eigenvalue weighted by Crippen LogP contribution is 2.10. The first-order chi connectivity index (χ1) is 10.9. The number of benzene rings is 1. The Hall–Kier alpha value is -2.94. The summed E-state index contributed by atoms with van der Waals surface area (Å²) in [5.74, 6) is 0.487. The molecule has 0 saturated carbocycles. The Bertz CT molecular complexity index is 850. The van der Waals surface area contributed by atoms with E-state index in [0.717, 1.165) is 12.1 Å². The lowest BCUT2D eigenvalue weighted by Crippen LogP contribution is -2.29. The molecule has 23 heavy (non-hydrogen) atoms. The molecule has 118 valence electrons. The molecule has 0 amide bonds. The maximum atomic E-state index is 13.3. The van der Waals surface area contributed by atoms with Gasteiger partial charge in [0.15, 0.2) is 11.6 Å². The minimum absolute atomic E-state index is 0.0210. The van der Waals surface area contributed by atoms with Crippen molar-refractivity contribution in [2.75, 3.05) is 6.54 Å². The van der Waals surface area contributed by atoms with Gasteiger partial charge in [-0.3, -0.25) is 4.79 Å². The van der Waals surface area contributed by atoms with Gasteiger partial charge in [0.2, 0.25) is 0 Å². The summed E-state index contributed by atoms with van der Waals surface area (Å²) in [4.78, 5) is 12.5. The number of aromatic nitrogens is 2. The van der Waals surface area contributed by atoms with E-state index < -0.39 is 17.2 Å². The van der Waals surface area contributed by atoms with Gasteiger partial charge in [-0.1, -0.05) is 18.6 Å². The molecule has 0 aliphatic carbocycles. The summed E-state index contributed by atoms with van der Waals surface area (Å²) in [6.07, 6.45) is 5.17. The third-order valence-electron chi connectivity index (χ3n) is 3.14. The van der Waals surface area contributed by atoms with Crippen molar-refractivity contribution >= 4 is 5.70 Å². The van der Waals surface area contributed by atoms with Gasteiger partial charge in [-0.2, -0.15) is 5.10 Å². The second-order valence-electron chi connectivity index (χ2n) is 4.95. The number of rotatable bonds is 5. The van der Waals surface area contributed by atoms with Crippen LogP contribution in [0, 0.1) is 30.9 Å². The number of halogens is 2. The van der Waals surface area contributed by atoms with Crippen molar-refractivity contribution in [2.45, 2.75) is 13.5 Å². The fourth-order valence-electron chi connectivity index (χ4n) is 2.06. The highest BCUT2D eigenvalue weighted by Gasteiger charge is 2.11. The first-order valence-corrected chi connectivity index (χ1v) is 6.81. The molecule has 1 heterocycles. The molecular formula is C17H15F2N3O. The molecule has 2 rings (SSSR count). The average molecular weight is 315 g/mol. The molecule has 6 heteroatoms. The van der Waals surface area contributed by atoms with Crippen LogP contribution >= 0.6 is 0 Å². The topological polar surface area (TPSA) is 46.9 Å². The summed E-state index contributed by atoms with van der Waals surface area (Å²) in [6.45, 7) is 5.76. The molecule has 0 saturated heterocycles. The first kappa shape index (κ1) is 16.4. The van der Waals surface area contributed by atoms with Crippen LogP contribution in [0.1, 0.15) is 16.8 Å². The molecule has 0 atom stereocenters. The van der Waals surface area contributed by atoms with Crippen LogP contribution < -0.4 is 10.9 Å². The van der Waals surface area contributed by atoms with Crippen molar-refractivity contribution in [1.82, 2.24) is 15.1 Å². The van der Waals surface area contributed by atoms with E-state index in [1.165, 1.54) is 10.7 Å². The van der Waals surface area contributed by atoms with E-state index >= 15 is 0 Å². The second-order valence-corrected chi connectivity index (χ2v) is 4.95. The van der Waals surface area contributed by atoms with Crippen molar-refractivity contribution in [2.24, 2.45) is 0 Å². The number of aryl methyl sites for hydroxylation is 1. The van der Waals surface area contributed by atoms with E-state index in [4.69, 9.17) is 6.42 Å². The van der Waals surface area contributed by atoms with E-state index in [-0.39, 0.29) is 13.1 Å². The van der Waals surface area contributed by atoms with E-state index in [1.54, 1.807) is 13.0 Å². The zero-order valence-corrected chi connectivity index (χ0v) is 12.6. The van der Waals surface area contributed by atoms with Crippen molar-refractivity contribution in [3.63, 3.8) is 0 Å². The zero-order valence-electron chi connectivity index (χ0n) is 12.6. The molecule has 0 aliphatic heterocycles. The first-order valence-electron chi connectivity index (χ1n) is 6.81. The van der Waals surface area contributed by atoms with Gasteiger partial charge in [-0.15, -0.1) is 6.42 Å². The van der Waals surface area contributed by atoms with Gasteiger partial charge in [0.1, 0.15) is 0 Å². The monoisotopic (exact) mass is 315 g/mol. The quantitative estimate of drug-likeness (QED) is 0.859. The maximum absolute atomic E-state index is 13.3. The van der Waals surface area contributed by atoms with Gasteiger partial charge in [0.05, 0.1) is 24.3 Å². The molecule has 4 nitrogen and oxygen atoms in total. The molecular weight excluding hydrogens is 300 g/mol. The van der Waals surface area contributed by atoms with Gasteiger partial charge < -0.3 is 5.32 Å². The number of nitrogens with zero attached hydrogens (tertiary/aromatic N) is 2. The lowest BCUT2D eigenvalue weighted by Gasteiger charge is -2.11. The smallest absolute Gasteiger partial charge is 0.276 e. The molecule has 0 fully saturated rings. The number of hydrogen-bond donors (Lipinski definition) is 1. The molecule has 1 aromatic heterocycles. The van der Waals surface area contributed by atoms with Crippen LogP contribution in [0.3, 0.4) is 0 Å². The Morgan fingerprint density at radius 2 is 2.13 bits per heavy atom. The fourth-order valence-corrected chi connectivity index (χ4v) is 2.06. The van der Waals surface area contributed by atoms with Gasteiger partial charge in [0.25, 0.3) is 5.56 Å². The van der Waals surface area contributed by atoms with Crippen LogP contribution in [-0.4, -0.2) is 16.3 Å². The minimum atomic E-state index is -0.969. The molecule has 0 radical (unpaired) electrons. The van der Waals surface area contributed by atoms with E-state index in [0.29, 0.717) is 22.5 Å². The lowest BCUT2D eigenvalue weighted by atomic mass is 10.2. The summed E-state index contributed by atoms with van der Waals surface area (Å²) in [5.41, 5.74) is 1.34. The highest BCUT2D eigenvalue weighted by atomic mass is 19.2. The zero-order chi connectivity index (χ0) is 17.0. The van der Waals surface area contributed by atoms with Gasteiger partial charge in [-0.25, -0.2) is 13.5 Å². The van der Waals surface area contributed by atoms with Crippen LogP contribution in [0.5, 0.6) is 0 Å². The number of hydrogen-bond acceptors (Lipinski definition) is 3. The van der Waals surface area contributed by atoms with Gasteiger partial charge >= 0.3 is 0 Å². The molecule has 2 aromatic rings. The molecule has 0 spiro atoms. The van der Waals surface area contributed by atoms with Crippen LogP contribution in [0.15, 0.2) is 35.6 Å². The third-order valence-corrected chi connectivity index (χ3v) is 3.14. The Labute approximate surface area is 132 Å². The average Bonchev–Trinajstić information content (AvgIpc) is 2.51. The number of terminal acetylenes is 1. The van der Waals surface area contributed by atoms with Gasteiger partial charge in [-0.05, 0) is 30.7 Å². The van der Waals surface area contributed by atoms with E-state index in [2.05, 4.69) is 22.9 Å².